The molecule has 0 aromatic carbocycles. The number of hydrogen-bond donors (Lipinski definition) is 2. The lowest BCUT2D eigenvalue weighted by atomic mass is 10.3. The summed E-state index contributed by atoms with van der Waals surface area (Å²) in [6, 6.07) is 0. The van der Waals surface area contributed by atoms with Crippen LogP contribution in [-0.4, -0.2) is 21.1 Å². The topological polar surface area (TPSA) is 101 Å². The van der Waals surface area contributed by atoms with Gasteiger partial charge >= 0.3 is 5.97 Å². The molecule has 0 aliphatic heterocycles. The molecule has 0 aromatic rings. The van der Waals surface area contributed by atoms with E-state index in [0.29, 0.717) is 12.5 Å². The standard InChI is InChI=1S/C7H7NO5/c9-5-6(7(10)11)3-1-2-4-8(12)13/h1-5,9H,(H,10,11)/b3-1-,4-2+,6-5-. The van der Waals surface area contributed by atoms with Crippen LogP contribution in [0.4, 0.5) is 0 Å². The fraction of sp³-hybridized carbons (Fsp3) is 0. The summed E-state index contributed by atoms with van der Waals surface area (Å²) in [6.07, 6.45) is 4.26. The molecule has 0 aliphatic rings. The van der Waals surface area contributed by atoms with Crippen LogP contribution in [0.5, 0.6) is 0 Å². The maximum Gasteiger partial charge on any atom is 0.338 e. The first-order valence-electron chi connectivity index (χ1n) is 3.14. The largest absolute Gasteiger partial charge is 0.515 e. The fourth-order valence-electron chi connectivity index (χ4n) is 0.449. The molecule has 0 aliphatic carbocycles. The van der Waals surface area contributed by atoms with Crippen LogP contribution in [0.15, 0.2) is 36.3 Å². The van der Waals surface area contributed by atoms with Crippen LogP contribution in [-0.2, 0) is 4.79 Å². The number of carboxylic acids is 1. The Bertz CT molecular complexity index is 289. The average Bonchev–Trinajstić information content (AvgIpc) is 2.03. The highest BCUT2D eigenvalue weighted by Gasteiger charge is 2.00. The second-order valence-electron chi connectivity index (χ2n) is 1.88. The molecule has 0 amide bonds. The molecule has 0 spiro atoms. The van der Waals surface area contributed by atoms with Crippen molar-refractivity contribution in [2.24, 2.45) is 0 Å². The average molecular weight is 185 g/mol. The van der Waals surface area contributed by atoms with Crippen LogP contribution in [0.25, 0.3) is 0 Å². The first-order valence-corrected chi connectivity index (χ1v) is 3.14. The first-order chi connectivity index (χ1) is 6.07. The van der Waals surface area contributed by atoms with E-state index in [9.17, 15) is 14.9 Å². The van der Waals surface area contributed by atoms with Crippen LogP contribution < -0.4 is 0 Å². The summed E-state index contributed by atoms with van der Waals surface area (Å²) in [6.45, 7) is 0. The van der Waals surface area contributed by atoms with Crippen LogP contribution in [0.3, 0.4) is 0 Å². The van der Waals surface area contributed by atoms with Gasteiger partial charge in [-0.1, -0.05) is 6.08 Å². The number of rotatable bonds is 4. The quantitative estimate of drug-likeness (QED) is 0.222. The number of nitro groups is 1. The highest BCUT2D eigenvalue weighted by atomic mass is 16.6. The van der Waals surface area contributed by atoms with E-state index in [4.69, 9.17) is 10.2 Å². The molecule has 0 radical (unpaired) electrons. The lowest BCUT2D eigenvalue weighted by Gasteiger charge is -1.87. The zero-order valence-corrected chi connectivity index (χ0v) is 6.45. The Balaban J connectivity index is 4.26. The van der Waals surface area contributed by atoms with Crippen molar-refractivity contribution in [1.82, 2.24) is 0 Å². The first kappa shape index (κ1) is 10.9. The number of carboxylic acid groups (broad SMARTS) is 1. The van der Waals surface area contributed by atoms with Gasteiger partial charge in [0.05, 0.1) is 16.8 Å². The normalized spacial score (nSPS) is 12.5. The fourth-order valence-corrected chi connectivity index (χ4v) is 0.449. The van der Waals surface area contributed by atoms with Crippen LogP contribution in [0, 0.1) is 10.1 Å². The van der Waals surface area contributed by atoms with Crippen molar-refractivity contribution < 1.29 is 19.9 Å². The molecule has 6 heteroatoms. The van der Waals surface area contributed by atoms with Crippen molar-refractivity contribution in [1.29, 1.82) is 0 Å². The van der Waals surface area contributed by atoms with E-state index in [2.05, 4.69) is 0 Å². The van der Waals surface area contributed by atoms with E-state index in [1.165, 1.54) is 0 Å². The highest BCUT2D eigenvalue weighted by Crippen LogP contribution is 1.95. The predicted molar refractivity (Wildman–Crippen MR) is 43.6 cm³/mol. The van der Waals surface area contributed by atoms with E-state index < -0.39 is 10.9 Å². The van der Waals surface area contributed by atoms with Crippen molar-refractivity contribution in [2.45, 2.75) is 0 Å². The van der Waals surface area contributed by atoms with Gasteiger partial charge in [0, 0.05) is 6.08 Å². The lowest BCUT2D eigenvalue weighted by Crippen LogP contribution is -1.96. The zero-order valence-electron chi connectivity index (χ0n) is 6.45. The van der Waals surface area contributed by atoms with Crippen molar-refractivity contribution in [3.63, 3.8) is 0 Å². The summed E-state index contributed by atoms with van der Waals surface area (Å²) >= 11 is 0. The molecule has 13 heavy (non-hydrogen) atoms. The third kappa shape index (κ3) is 5.19. The molecule has 0 heterocycles. The minimum Gasteiger partial charge on any atom is -0.515 e. The number of aliphatic hydroxyl groups is 1. The Hall–Kier alpha value is -2.11. The second-order valence-corrected chi connectivity index (χ2v) is 1.88. The molecular weight excluding hydrogens is 178 g/mol. The maximum absolute atomic E-state index is 10.2. The predicted octanol–water partition coefficient (Wildman–Crippen LogP) is 0.860. The van der Waals surface area contributed by atoms with E-state index in [1.807, 2.05) is 0 Å². The molecule has 0 atom stereocenters. The SMILES string of the molecule is O=C(O)C(/C=C\C=C\[N+](=O)[O-])=C\O. The number of allylic oxidation sites excluding steroid dienone is 2. The van der Waals surface area contributed by atoms with Crippen molar-refractivity contribution in [2.75, 3.05) is 0 Å². The van der Waals surface area contributed by atoms with E-state index in [0.717, 1.165) is 18.2 Å². The molecule has 2 N–H and O–H groups in total. The van der Waals surface area contributed by atoms with Gasteiger partial charge in [-0.15, -0.1) is 0 Å². The van der Waals surface area contributed by atoms with Gasteiger partial charge in [0.2, 0.25) is 6.20 Å². The van der Waals surface area contributed by atoms with Crippen LogP contribution in [0.2, 0.25) is 0 Å². The summed E-state index contributed by atoms with van der Waals surface area (Å²) in [7, 11) is 0. The Morgan fingerprint density at radius 1 is 1.38 bits per heavy atom. The molecule has 0 rings (SSSR count). The summed E-state index contributed by atoms with van der Waals surface area (Å²) in [5, 5.41) is 26.4. The number of aliphatic carboxylic acids is 1. The zero-order chi connectivity index (χ0) is 10.3. The minimum atomic E-state index is -1.31. The van der Waals surface area contributed by atoms with Crippen LogP contribution >= 0.6 is 0 Å². The van der Waals surface area contributed by atoms with E-state index >= 15 is 0 Å². The molecular formula is C7H7NO5. The Labute approximate surface area is 73.3 Å². The minimum absolute atomic E-state index is 0.354. The number of nitrogens with zero attached hydrogens (tertiary/aromatic N) is 1. The number of aliphatic hydroxyl groups excluding tert-OH is 1. The summed E-state index contributed by atoms with van der Waals surface area (Å²) in [5.74, 6) is -1.31. The third-order valence-electron chi connectivity index (χ3n) is 0.981. The molecule has 0 aromatic heterocycles. The Morgan fingerprint density at radius 2 is 2.00 bits per heavy atom. The molecule has 0 bridgehead atoms. The van der Waals surface area contributed by atoms with Gasteiger partial charge in [-0.2, -0.15) is 0 Å². The molecule has 0 saturated carbocycles. The van der Waals surface area contributed by atoms with E-state index in [-0.39, 0.29) is 5.57 Å². The molecule has 6 nitrogen and oxygen atoms in total. The van der Waals surface area contributed by atoms with Gasteiger partial charge in [-0.25, -0.2) is 4.79 Å². The van der Waals surface area contributed by atoms with Crippen molar-refractivity contribution in [3.8, 4) is 0 Å². The van der Waals surface area contributed by atoms with Gasteiger partial charge in [-0.05, 0) is 6.08 Å². The third-order valence-corrected chi connectivity index (χ3v) is 0.981. The molecule has 0 fully saturated rings. The summed E-state index contributed by atoms with van der Waals surface area (Å²) in [5.41, 5.74) is -0.354. The Morgan fingerprint density at radius 3 is 2.38 bits per heavy atom. The molecule has 70 valence electrons. The van der Waals surface area contributed by atoms with E-state index in [1.54, 1.807) is 0 Å². The van der Waals surface area contributed by atoms with Gasteiger partial charge in [0.25, 0.3) is 0 Å². The smallest absolute Gasteiger partial charge is 0.338 e. The molecule has 0 saturated heterocycles. The number of hydrogen-bond acceptors (Lipinski definition) is 4. The van der Waals surface area contributed by atoms with Gasteiger partial charge in [0.1, 0.15) is 0 Å². The monoisotopic (exact) mass is 185 g/mol. The lowest BCUT2D eigenvalue weighted by molar-refractivity contribution is -0.402. The van der Waals surface area contributed by atoms with Crippen LogP contribution in [0.1, 0.15) is 0 Å². The molecule has 0 unspecified atom stereocenters. The number of carbonyl (C=O) groups is 1. The second kappa shape index (κ2) is 5.53. The summed E-state index contributed by atoms with van der Waals surface area (Å²) < 4.78 is 0. The Kier molecular flexibility index (Phi) is 4.63. The summed E-state index contributed by atoms with van der Waals surface area (Å²) in [4.78, 5) is 19.3. The maximum atomic E-state index is 10.2. The van der Waals surface area contributed by atoms with Crippen molar-refractivity contribution in [3.05, 3.63) is 46.4 Å². The van der Waals surface area contributed by atoms with Crippen molar-refractivity contribution >= 4 is 5.97 Å². The van der Waals surface area contributed by atoms with Gasteiger partial charge < -0.3 is 10.2 Å². The van der Waals surface area contributed by atoms with Gasteiger partial charge in [0.15, 0.2) is 0 Å². The van der Waals surface area contributed by atoms with Gasteiger partial charge in [-0.3, -0.25) is 10.1 Å². The highest BCUT2D eigenvalue weighted by molar-refractivity contribution is 5.89.